The number of rotatable bonds is 3. The Morgan fingerprint density at radius 1 is 1.33 bits per heavy atom. The molecule has 1 N–H and O–H groups in total. The Bertz CT molecular complexity index is 220. The molecule has 0 bridgehead atoms. The van der Waals surface area contributed by atoms with Gasteiger partial charge in [0.25, 0.3) is 0 Å². The van der Waals surface area contributed by atoms with Gasteiger partial charge in [0.1, 0.15) is 0 Å². The molecule has 0 aromatic heterocycles. The van der Waals surface area contributed by atoms with Gasteiger partial charge in [-0.2, -0.15) is 0 Å². The number of hydrogen-bond acceptors (Lipinski definition) is 3. The standard InChI is InChI=1S/C11H23N3O/c1-11(2,10(15)13(3)4)9-14-7-5-12-6-8-14/h12H,5-9H2,1-4H3. The van der Waals surface area contributed by atoms with Gasteiger partial charge in [0.05, 0.1) is 5.41 Å². The minimum Gasteiger partial charge on any atom is -0.348 e. The summed E-state index contributed by atoms with van der Waals surface area (Å²) < 4.78 is 0. The normalized spacial score (nSPS) is 18.9. The van der Waals surface area contributed by atoms with E-state index in [2.05, 4.69) is 10.2 Å². The zero-order valence-electron chi connectivity index (χ0n) is 10.3. The Balaban J connectivity index is 2.50. The van der Waals surface area contributed by atoms with Gasteiger partial charge in [0, 0.05) is 46.8 Å². The molecule has 0 aromatic rings. The van der Waals surface area contributed by atoms with Crippen molar-refractivity contribution in [3.63, 3.8) is 0 Å². The number of nitrogens with zero attached hydrogens (tertiary/aromatic N) is 2. The first-order valence-electron chi connectivity index (χ1n) is 5.58. The first-order chi connectivity index (χ1) is 6.93. The third kappa shape index (κ3) is 3.47. The Morgan fingerprint density at radius 3 is 2.33 bits per heavy atom. The maximum atomic E-state index is 11.9. The van der Waals surface area contributed by atoms with Gasteiger partial charge in [-0.15, -0.1) is 0 Å². The number of nitrogens with one attached hydrogen (secondary N) is 1. The van der Waals surface area contributed by atoms with Crippen LogP contribution in [0.2, 0.25) is 0 Å². The van der Waals surface area contributed by atoms with Crippen LogP contribution in [-0.4, -0.2) is 62.5 Å². The predicted molar refractivity (Wildman–Crippen MR) is 61.8 cm³/mol. The summed E-state index contributed by atoms with van der Waals surface area (Å²) >= 11 is 0. The maximum Gasteiger partial charge on any atom is 0.229 e. The largest absolute Gasteiger partial charge is 0.348 e. The topological polar surface area (TPSA) is 35.6 Å². The van der Waals surface area contributed by atoms with Crippen molar-refractivity contribution in [2.45, 2.75) is 13.8 Å². The lowest BCUT2D eigenvalue weighted by atomic mass is 9.91. The second-order valence-corrected chi connectivity index (χ2v) is 5.11. The van der Waals surface area contributed by atoms with Gasteiger partial charge in [-0.1, -0.05) is 0 Å². The summed E-state index contributed by atoms with van der Waals surface area (Å²) in [6, 6.07) is 0. The summed E-state index contributed by atoms with van der Waals surface area (Å²) in [6.45, 7) is 9.06. The number of carbonyl (C=O) groups is 1. The van der Waals surface area contributed by atoms with E-state index in [1.54, 1.807) is 4.90 Å². The number of piperazine rings is 1. The molecule has 1 rings (SSSR count). The predicted octanol–water partition coefficient (Wildman–Crippen LogP) is 0.00600. The maximum absolute atomic E-state index is 11.9. The minimum atomic E-state index is -0.277. The molecule has 1 aliphatic rings. The lowest BCUT2D eigenvalue weighted by Gasteiger charge is -2.35. The molecular weight excluding hydrogens is 190 g/mol. The zero-order chi connectivity index (χ0) is 11.5. The number of amides is 1. The Morgan fingerprint density at radius 2 is 1.87 bits per heavy atom. The summed E-state index contributed by atoms with van der Waals surface area (Å²) in [5.74, 6) is 0.209. The summed E-state index contributed by atoms with van der Waals surface area (Å²) in [6.07, 6.45) is 0. The first-order valence-corrected chi connectivity index (χ1v) is 5.58. The van der Waals surface area contributed by atoms with Crippen LogP contribution in [0, 0.1) is 5.41 Å². The molecule has 0 aromatic carbocycles. The molecule has 1 fully saturated rings. The highest BCUT2D eigenvalue weighted by atomic mass is 16.2. The summed E-state index contributed by atoms with van der Waals surface area (Å²) in [7, 11) is 3.64. The van der Waals surface area contributed by atoms with E-state index in [1.807, 2.05) is 27.9 Å². The SMILES string of the molecule is CN(C)C(=O)C(C)(C)CN1CCNCC1. The van der Waals surface area contributed by atoms with Crippen molar-refractivity contribution in [2.75, 3.05) is 46.8 Å². The molecule has 1 saturated heterocycles. The average molecular weight is 213 g/mol. The number of hydrogen-bond donors (Lipinski definition) is 1. The Labute approximate surface area is 92.6 Å². The van der Waals surface area contributed by atoms with Crippen molar-refractivity contribution in [2.24, 2.45) is 5.41 Å². The fraction of sp³-hybridized carbons (Fsp3) is 0.909. The van der Waals surface area contributed by atoms with Crippen LogP contribution in [0.1, 0.15) is 13.8 Å². The van der Waals surface area contributed by atoms with Gasteiger partial charge in [-0.3, -0.25) is 9.69 Å². The smallest absolute Gasteiger partial charge is 0.229 e. The summed E-state index contributed by atoms with van der Waals surface area (Å²) in [5, 5.41) is 3.32. The van der Waals surface area contributed by atoms with Gasteiger partial charge in [0.2, 0.25) is 5.91 Å². The zero-order valence-corrected chi connectivity index (χ0v) is 10.3. The van der Waals surface area contributed by atoms with Gasteiger partial charge < -0.3 is 10.2 Å². The third-order valence-electron chi connectivity index (χ3n) is 2.81. The average Bonchev–Trinajstić information content (AvgIpc) is 2.17. The molecule has 4 nitrogen and oxygen atoms in total. The molecule has 0 saturated carbocycles. The van der Waals surface area contributed by atoms with Crippen LogP contribution in [-0.2, 0) is 4.79 Å². The van der Waals surface area contributed by atoms with E-state index in [4.69, 9.17) is 0 Å². The molecule has 0 spiro atoms. The molecule has 88 valence electrons. The lowest BCUT2D eigenvalue weighted by Crippen LogP contribution is -2.50. The highest BCUT2D eigenvalue weighted by molar-refractivity contribution is 5.81. The second kappa shape index (κ2) is 4.94. The summed E-state index contributed by atoms with van der Waals surface area (Å²) in [5.41, 5.74) is -0.277. The highest BCUT2D eigenvalue weighted by Crippen LogP contribution is 2.19. The van der Waals surface area contributed by atoms with E-state index in [9.17, 15) is 4.79 Å². The van der Waals surface area contributed by atoms with E-state index in [-0.39, 0.29) is 11.3 Å². The van der Waals surface area contributed by atoms with Crippen molar-refractivity contribution in [1.29, 1.82) is 0 Å². The molecule has 1 heterocycles. The van der Waals surface area contributed by atoms with E-state index < -0.39 is 0 Å². The van der Waals surface area contributed by atoms with E-state index >= 15 is 0 Å². The fourth-order valence-corrected chi connectivity index (χ4v) is 2.10. The first kappa shape index (κ1) is 12.5. The third-order valence-corrected chi connectivity index (χ3v) is 2.81. The minimum absolute atomic E-state index is 0.209. The Hall–Kier alpha value is -0.610. The van der Waals surface area contributed by atoms with Crippen molar-refractivity contribution in [3.8, 4) is 0 Å². The summed E-state index contributed by atoms with van der Waals surface area (Å²) in [4.78, 5) is 16.0. The molecule has 4 heteroatoms. The monoisotopic (exact) mass is 213 g/mol. The van der Waals surface area contributed by atoms with Gasteiger partial charge in [0.15, 0.2) is 0 Å². The highest BCUT2D eigenvalue weighted by Gasteiger charge is 2.31. The van der Waals surface area contributed by atoms with Gasteiger partial charge in [-0.25, -0.2) is 0 Å². The molecule has 0 unspecified atom stereocenters. The van der Waals surface area contributed by atoms with Crippen LogP contribution in [0.25, 0.3) is 0 Å². The molecular formula is C11H23N3O. The van der Waals surface area contributed by atoms with Crippen molar-refractivity contribution in [3.05, 3.63) is 0 Å². The Kier molecular flexibility index (Phi) is 4.11. The van der Waals surface area contributed by atoms with Gasteiger partial charge >= 0.3 is 0 Å². The van der Waals surface area contributed by atoms with Crippen LogP contribution >= 0.6 is 0 Å². The molecule has 15 heavy (non-hydrogen) atoms. The van der Waals surface area contributed by atoms with Gasteiger partial charge in [-0.05, 0) is 13.8 Å². The van der Waals surface area contributed by atoms with Crippen LogP contribution < -0.4 is 5.32 Å². The molecule has 1 amide bonds. The molecule has 0 radical (unpaired) electrons. The van der Waals surface area contributed by atoms with Crippen molar-refractivity contribution < 1.29 is 4.79 Å². The molecule has 0 aliphatic carbocycles. The molecule has 0 atom stereocenters. The lowest BCUT2D eigenvalue weighted by molar-refractivity contribution is -0.138. The van der Waals surface area contributed by atoms with Crippen LogP contribution in [0.4, 0.5) is 0 Å². The molecule has 1 aliphatic heterocycles. The second-order valence-electron chi connectivity index (χ2n) is 5.11. The van der Waals surface area contributed by atoms with E-state index in [0.717, 1.165) is 32.7 Å². The van der Waals surface area contributed by atoms with Crippen LogP contribution in [0.3, 0.4) is 0 Å². The van der Waals surface area contributed by atoms with Crippen LogP contribution in [0.5, 0.6) is 0 Å². The quantitative estimate of drug-likeness (QED) is 0.717. The van der Waals surface area contributed by atoms with E-state index in [0.29, 0.717) is 0 Å². The van der Waals surface area contributed by atoms with Crippen molar-refractivity contribution >= 4 is 5.91 Å². The van der Waals surface area contributed by atoms with Crippen LogP contribution in [0.15, 0.2) is 0 Å². The van der Waals surface area contributed by atoms with E-state index in [1.165, 1.54) is 0 Å². The van der Waals surface area contributed by atoms with Crippen molar-refractivity contribution in [1.82, 2.24) is 15.1 Å². The fourth-order valence-electron chi connectivity index (χ4n) is 2.10. The number of carbonyl (C=O) groups excluding carboxylic acids is 1.